The van der Waals surface area contributed by atoms with E-state index in [1.54, 1.807) is 7.11 Å². The van der Waals surface area contributed by atoms with Gasteiger partial charge < -0.3 is 9.64 Å². The van der Waals surface area contributed by atoms with Crippen LogP contribution in [0.15, 0.2) is 0 Å². The summed E-state index contributed by atoms with van der Waals surface area (Å²) in [5.74, 6) is 1.06. The zero-order valence-corrected chi connectivity index (χ0v) is 9.80. The van der Waals surface area contributed by atoms with Crippen molar-refractivity contribution in [1.29, 1.82) is 0 Å². The van der Waals surface area contributed by atoms with E-state index in [9.17, 15) is 4.79 Å². The van der Waals surface area contributed by atoms with Gasteiger partial charge in [-0.2, -0.15) is 0 Å². The summed E-state index contributed by atoms with van der Waals surface area (Å²) in [5.41, 5.74) is -0.216. The summed E-state index contributed by atoms with van der Waals surface area (Å²) < 4.78 is 5.11. The number of rotatable bonds is 4. The Bertz CT molecular complexity index is 218. The van der Waals surface area contributed by atoms with Crippen molar-refractivity contribution in [2.75, 3.05) is 26.1 Å². The van der Waals surface area contributed by atoms with E-state index in [4.69, 9.17) is 16.3 Å². The van der Waals surface area contributed by atoms with E-state index in [2.05, 4.69) is 0 Å². The number of methoxy groups -OCH3 is 1. The lowest BCUT2D eigenvalue weighted by molar-refractivity contribution is -0.133. The van der Waals surface area contributed by atoms with Crippen molar-refractivity contribution in [2.45, 2.75) is 25.8 Å². The summed E-state index contributed by atoms with van der Waals surface area (Å²) in [6.45, 7) is 5.36. The van der Waals surface area contributed by atoms with Crippen LogP contribution < -0.4 is 0 Å². The molecule has 0 aromatic heterocycles. The Morgan fingerprint density at radius 3 is 2.71 bits per heavy atom. The van der Waals surface area contributed by atoms with Crippen LogP contribution in [-0.2, 0) is 9.53 Å². The third-order valence-electron chi connectivity index (χ3n) is 2.65. The first kappa shape index (κ1) is 11.8. The van der Waals surface area contributed by atoms with Gasteiger partial charge in [-0.25, -0.2) is 0 Å². The summed E-state index contributed by atoms with van der Waals surface area (Å²) in [6.07, 6.45) is 0.580. The molecule has 1 heterocycles. The molecule has 0 aromatic carbocycles. The number of likely N-dealkylation sites (tertiary alicyclic amines) is 1. The minimum atomic E-state index is -0.216. The molecule has 1 fully saturated rings. The molecule has 1 atom stereocenters. The molecule has 14 heavy (non-hydrogen) atoms. The molecule has 1 aliphatic rings. The van der Waals surface area contributed by atoms with Gasteiger partial charge in [0.15, 0.2) is 0 Å². The van der Waals surface area contributed by atoms with Crippen LogP contribution in [0, 0.1) is 5.92 Å². The molecule has 82 valence electrons. The van der Waals surface area contributed by atoms with E-state index >= 15 is 0 Å². The van der Waals surface area contributed by atoms with E-state index in [0.717, 1.165) is 6.54 Å². The number of nitrogens with zero attached hydrogens (tertiary/aromatic N) is 1. The Balaban J connectivity index is 2.64. The molecular weight excluding hydrogens is 202 g/mol. The van der Waals surface area contributed by atoms with Crippen molar-refractivity contribution in [2.24, 2.45) is 5.92 Å². The highest BCUT2D eigenvalue weighted by Gasteiger charge is 2.38. The first-order valence-electron chi connectivity index (χ1n) is 4.86. The second-order valence-corrected chi connectivity index (χ2v) is 4.78. The molecule has 0 N–H and O–H groups in total. The van der Waals surface area contributed by atoms with Crippen LogP contribution in [0.4, 0.5) is 0 Å². The molecule has 1 aliphatic heterocycles. The first-order chi connectivity index (χ1) is 6.51. The molecule has 0 spiro atoms. The third kappa shape index (κ3) is 2.39. The van der Waals surface area contributed by atoms with E-state index in [1.807, 2.05) is 18.7 Å². The summed E-state index contributed by atoms with van der Waals surface area (Å²) in [7, 11) is 1.65. The molecular formula is C10H18ClNO2. The number of hydrogen-bond acceptors (Lipinski definition) is 2. The zero-order valence-electron chi connectivity index (χ0n) is 9.05. The molecule has 0 radical (unpaired) electrons. The van der Waals surface area contributed by atoms with Crippen molar-refractivity contribution in [3.63, 3.8) is 0 Å². The number of ether oxygens (including phenoxy) is 1. The Kier molecular flexibility index (Phi) is 3.78. The van der Waals surface area contributed by atoms with E-state index < -0.39 is 0 Å². The van der Waals surface area contributed by atoms with Crippen LogP contribution in [0.1, 0.15) is 20.3 Å². The quantitative estimate of drug-likeness (QED) is 0.671. The molecule has 1 unspecified atom stereocenters. The molecule has 0 aromatic rings. The fraction of sp³-hybridized carbons (Fsp3) is 0.900. The van der Waals surface area contributed by atoms with Gasteiger partial charge in [0, 0.05) is 26.0 Å². The zero-order chi connectivity index (χ0) is 10.8. The van der Waals surface area contributed by atoms with Crippen LogP contribution >= 0.6 is 11.6 Å². The minimum Gasteiger partial charge on any atom is -0.382 e. The SMILES string of the molecule is COCC(C)(C)N1CC(CCl)CC1=O. The highest BCUT2D eigenvalue weighted by molar-refractivity contribution is 6.18. The smallest absolute Gasteiger partial charge is 0.223 e. The lowest BCUT2D eigenvalue weighted by Gasteiger charge is -2.35. The second-order valence-electron chi connectivity index (χ2n) is 4.47. The fourth-order valence-corrected chi connectivity index (χ4v) is 2.11. The van der Waals surface area contributed by atoms with Gasteiger partial charge in [-0.1, -0.05) is 0 Å². The molecule has 4 heteroatoms. The number of amides is 1. The largest absolute Gasteiger partial charge is 0.382 e. The van der Waals surface area contributed by atoms with Crippen LogP contribution in [0.25, 0.3) is 0 Å². The standard InChI is InChI=1S/C10H18ClNO2/c1-10(2,7-14-3)12-6-8(5-11)4-9(12)13/h8H,4-7H2,1-3H3. The fourth-order valence-electron chi connectivity index (χ4n) is 1.90. The van der Waals surface area contributed by atoms with Gasteiger partial charge in [-0.3, -0.25) is 4.79 Å². The summed E-state index contributed by atoms with van der Waals surface area (Å²) in [6, 6.07) is 0. The Morgan fingerprint density at radius 1 is 1.64 bits per heavy atom. The molecule has 0 saturated carbocycles. The molecule has 1 saturated heterocycles. The monoisotopic (exact) mass is 219 g/mol. The Morgan fingerprint density at radius 2 is 2.29 bits per heavy atom. The average Bonchev–Trinajstić information content (AvgIpc) is 2.47. The lowest BCUT2D eigenvalue weighted by atomic mass is 10.1. The predicted molar refractivity (Wildman–Crippen MR) is 56.5 cm³/mol. The van der Waals surface area contributed by atoms with Crippen LogP contribution in [0.3, 0.4) is 0 Å². The van der Waals surface area contributed by atoms with Crippen molar-refractivity contribution < 1.29 is 9.53 Å². The van der Waals surface area contributed by atoms with E-state index in [0.29, 0.717) is 24.8 Å². The van der Waals surface area contributed by atoms with Gasteiger partial charge in [0.2, 0.25) is 5.91 Å². The number of carbonyl (C=O) groups is 1. The maximum Gasteiger partial charge on any atom is 0.223 e. The number of alkyl halides is 1. The van der Waals surface area contributed by atoms with Gasteiger partial charge in [-0.15, -0.1) is 11.6 Å². The highest BCUT2D eigenvalue weighted by atomic mass is 35.5. The van der Waals surface area contributed by atoms with E-state index in [1.165, 1.54) is 0 Å². The maximum absolute atomic E-state index is 11.7. The Hall–Kier alpha value is -0.280. The van der Waals surface area contributed by atoms with Gasteiger partial charge in [-0.05, 0) is 19.8 Å². The van der Waals surface area contributed by atoms with Crippen molar-refractivity contribution in [3.05, 3.63) is 0 Å². The van der Waals surface area contributed by atoms with Crippen LogP contribution in [0.5, 0.6) is 0 Å². The number of hydrogen-bond donors (Lipinski definition) is 0. The minimum absolute atomic E-state index is 0.192. The van der Waals surface area contributed by atoms with Crippen LogP contribution in [0.2, 0.25) is 0 Å². The van der Waals surface area contributed by atoms with Crippen molar-refractivity contribution in [1.82, 2.24) is 4.90 Å². The number of halogens is 1. The van der Waals surface area contributed by atoms with E-state index in [-0.39, 0.29) is 11.4 Å². The normalized spacial score (nSPS) is 23.3. The highest BCUT2D eigenvalue weighted by Crippen LogP contribution is 2.26. The topological polar surface area (TPSA) is 29.5 Å². The van der Waals surface area contributed by atoms with Gasteiger partial charge in [0.1, 0.15) is 0 Å². The molecule has 3 nitrogen and oxygen atoms in total. The molecule has 1 amide bonds. The van der Waals surface area contributed by atoms with Crippen LogP contribution in [-0.4, -0.2) is 42.5 Å². The van der Waals surface area contributed by atoms with Gasteiger partial charge in [0.25, 0.3) is 0 Å². The summed E-state index contributed by atoms with van der Waals surface area (Å²) in [5, 5.41) is 0. The summed E-state index contributed by atoms with van der Waals surface area (Å²) >= 11 is 5.76. The molecule has 0 aliphatic carbocycles. The van der Waals surface area contributed by atoms with Gasteiger partial charge in [0.05, 0.1) is 12.1 Å². The van der Waals surface area contributed by atoms with Crippen molar-refractivity contribution >= 4 is 17.5 Å². The lowest BCUT2D eigenvalue weighted by Crippen LogP contribution is -2.48. The third-order valence-corrected chi connectivity index (χ3v) is 3.09. The number of carbonyl (C=O) groups excluding carboxylic acids is 1. The Labute approximate surface area is 90.4 Å². The van der Waals surface area contributed by atoms with Gasteiger partial charge >= 0.3 is 0 Å². The average molecular weight is 220 g/mol. The summed E-state index contributed by atoms with van der Waals surface area (Å²) in [4.78, 5) is 13.6. The first-order valence-corrected chi connectivity index (χ1v) is 5.40. The molecule has 1 rings (SSSR count). The molecule has 0 bridgehead atoms. The maximum atomic E-state index is 11.7. The van der Waals surface area contributed by atoms with Crippen molar-refractivity contribution in [3.8, 4) is 0 Å². The second kappa shape index (κ2) is 4.49. The predicted octanol–water partition coefficient (Wildman–Crippen LogP) is 1.50.